The fraction of sp³-hybridized carbons (Fsp3) is 0.389. The molecule has 2 atom stereocenters. The van der Waals surface area contributed by atoms with Gasteiger partial charge in [-0.15, -0.1) is 0 Å². The number of halogens is 12. The van der Waals surface area contributed by atoms with E-state index < -0.39 is 58.1 Å². The molecule has 2 fully saturated rings. The molecular weight excluding hydrogens is 716 g/mol. The van der Waals surface area contributed by atoms with E-state index in [4.69, 9.17) is 0 Å². The highest BCUT2D eigenvalue weighted by Crippen LogP contribution is 2.46. The molecule has 2 aromatic carbocycles. The number of hydrogen-bond acceptors (Lipinski definition) is 4. The third-order valence-electron chi connectivity index (χ3n) is 9.58. The van der Waals surface area contributed by atoms with Crippen molar-refractivity contribution in [3.05, 3.63) is 107 Å². The fourth-order valence-electron chi connectivity index (χ4n) is 7.39. The van der Waals surface area contributed by atoms with E-state index in [-0.39, 0.29) is 36.3 Å². The number of aromatic nitrogens is 2. The van der Waals surface area contributed by atoms with Crippen LogP contribution >= 0.6 is 0 Å². The zero-order valence-electron chi connectivity index (χ0n) is 27.1. The summed E-state index contributed by atoms with van der Waals surface area (Å²) in [5.74, 6) is 0. The minimum absolute atomic E-state index is 0.0130. The SMILES string of the molecule is FC(F)(F)c1cccc(C(F)(F)F)c1-c1ccc(CN2CCCC2[C@@H]2CCCN2Cc2ccc(-c3c(C(F)(F)F)cccc3C(F)(F)F)cn2)nc1. The lowest BCUT2D eigenvalue weighted by atomic mass is 9.94. The Morgan fingerprint density at radius 2 is 0.808 bits per heavy atom. The zero-order valence-corrected chi connectivity index (χ0v) is 27.1. The standard InChI is InChI=1S/C36H30F12N4/c37-33(38,39)25-5-1-6-26(34(40,41)42)31(25)21-11-13-23(49-17-21)19-51-15-3-9-29(51)30-10-4-16-52(30)20-24-14-12-22(18-50-24)32-27(35(43,44)45)7-2-8-28(32)36(46,47)48/h1-2,5-8,11-14,17-18,29-30H,3-4,9-10,15-16,19-20H2/t29-,30?/m0/s1. The summed E-state index contributed by atoms with van der Waals surface area (Å²) >= 11 is 0. The predicted octanol–water partition coefficient (Wildman–Crippen LogP) is 10.5. The van der Waals surface area contributed by atoms with Crippen molar-refractivity contribution in [3.8, 4) is 22.3 Å². The van der Waals surface area contributed by atoms with E-state index in [1.165, 1.54) is 24.3 Å². The van der Waals surface area contributed by atoms with E-state index in [9.17, 15) is 52.7 Å². The summed E-state index contributed by atoms with van der Waals surface area (Å²) in [5, 5.41) is 0. The maximum Gasteiger partial charge on any atom is 0.417 e. The van der Waals surface area contributed by atoms with Gasteiger partial charge in [0.15, 0.2) is 0 Å². The first-order chi connectivity index (χ1) is 24.3. The van der Waals surface area contributed by atoms with E-state index in [0.717, 1.165) is 38.1 Å². The number of likely N-dealkylation sites (tertiary alicyclic amines) is 2. The van der Waals surface area contributed by atoms with Crippen LogP contribution in [0.3, 0.4) is 0 Å². The Hall–Kier alpha value is -4.18. The molecule has 0 radical (unpaired) electrons. The molecule has 4 nitrogen and oxygen atoms in total. The molecule has 0 aliphatic carbocycles. The molecule has 4 aromatic rings. The normalized spacial score (nSPS) is 19.5. The highest BCUT2D eigenvalue weighted by Gasteiger charge is 2.43. The van der Waals surface area contributed by atoms with Crippen LogP contribution in [0, 0.1) is 0 Å². The Morgan fingerprint density at radius 3 is 1.08 bits per heavy atom. The fourth-order valence-corrected chi connectivity index (χ4v) is 7.39. The quantitative estimate of drug-likeness (QED) is 0.176. The number of hydrogen-bond donors (Lipinski definition) is 0. The first kappa shape index (κ1) is 37.6. The van der Waals surface area contributed by atoms with E-state index in [1.54, 1.807) is 0 Å². The number of rotatable bonds is 7. The second-order valence-corrected chi connectivity index (χ2v) is 12.9. The van der Waals surface area contributed by atoms with Gasteiger partial charge < -0.3 is 0 Å². The van der Waals surface area contributed by atoms with Gasteiger partial charge in [0.25, 0.3) is 0 Å². The van der Waals surface area contributed by atoms with E-state index in [2.05, 4.69) is 19.8 Å². The summed E-state index contributed by atoms with van der Waals surface area (Å²) in [5.41, 5.74) is -7.39. The minimum Gasteiger partial charge on any atom is -0.293 e. The van der Waals surface area contributed by atoms with Gasteiger partial charge in [-0.1, -0.05) is 24.3 Å². The summed E-state index contributed by atoms with van der Waals surface area (Å²) in [6.07, 6.45) is -14.8. The van der Waals surface area contributed by atoms with Crippen LogP contribution in [0.5, 0.6) is 0 Å². The largest absolute Gasteiger partial charge is 0.417 e. The predicted molar refractivity (Wildman–Crippen MR) is 166 cm³/mol. The molecule has 278 valence electrons. The second-order valence-electron chi connectivity index (χ2n) is 12.9. The van der Waals surface area contributed by atoms with Crippen LogP contribution < -0.4 is 0 Å². The van der Waals surface area contributed by atoms with Gasteiger partial charge in [0.2, 0.25) is 0 Å². The van der Waals surface area contributed by atoms with Crippen molar-refractivity contribution >= 4 is 0 Å². The molecule has 52 heavy (non-hydrogen) atoms. The molecule has 6 rings (SSSR count). The number of nitrogens with zero attached hydrogens (tertiary/aromatic N) is 4. The van der Waals surface area contributed by atoms with E-state index >= 15 is 0 Å². The lowest BCUT2D eigenvalue weighted by molar-refractivity contribution is -0.143. The first-order valence-corrected chi connectivity index (χ1v) is 16.3. The van der Waals surface area contributed by atoms with Crippen molar-refractivity contribution in [2.75, 3.05) is 13.1 Å². The Bertz CT molecular complexity index is 1660. The molecule has 2 aliphatic rings. The minimum atomic E-state index is -5.03. The number of benzene rings is 2. The van der Waals surface area contributed by atoms with Gasteiger partial charge in [-0.3, -0.25) is 19.8 Å². The topological polar surface area (TPSA) is 32.3 Å². The molecule has 0 spiro atoms. The molecule has 0 bridgehead atoms. The zero-order chi connectivity index (χ0) is 37.6. The molecule has 2 aromatic heterocycles. The van der Waals surface area contributed by atoms with Crippen LogP contribution in [0.1, 0.15) is 59.3 Å². The van der Waals surface area contributed by atoms with Crippen LogP contribution in [-0.2, 0) is 37.8 Å². The smallest absolute Gasteiger partial charge is 0.293 e. The van der Waals surface area contributed by atoms with Gasteiger partial charge in [0.1, 0.15) is 0 Å². The third-order valence-corrected chi connectivity index (χ3v) is 9.58. The molecule has 4 heterocycles. The van der Waals surface area contributed by atoms with Crippen LogP contribution in [-0.4, -0.2) is 44.9 Å². The van der Waals surface area contributed by atoms with Crippen molar-refractivity contribution in [3.63, 3.8) is 0 Å². The van der Waals surface area contributed by atoms with Crippen molar-refractivity contribution in [1.29, 1.82) is 0 Å². The number of alkyl halides is 12. The molecule has 2 saturated heterocycles. The highest BCUT2D eigenvalue weighted by molar-refractivity contribution is 5.73. The summed E-state index contributed by atoms with van der Waals surface area (Å²) in [6.45, 7) is 1.91. The summed E-state index contributed by atoms with van der Waals surface area (Å²) in [4.78, 5) is 12.8. The molecule has 16 heteroatoms. The van der Waals surface area contributed by atoms with Crippen LogP contribution in [0.15, 0.2) is 73.1 Å². The van der Waals surface area contributed by atoms with Crippen molar-refractivity contribution < 1.29 is 52.7 Å². The van der Waals surface area contributed by atoms with Gasteiger partial charge in [0.05, 0.1) is 33.6 Å². The molecule has 1 unspecified atom stereocenters. The second kappa shape index (κ2) is 14.0. The summed E-state index contributed by atoms with van der Waals surface area (Å²) in [6, 6.07) is 9.08. The highest BCUT2D eigenvalue weighted by atomic mass is 19.4. The Morgan fingerprint density at radius 1 is 0.481 bits per heavy atom. The molecule has 2 aliphatic heterocycles. The first-order valence-electron chi connectivity index (χ1n) is 16.3. The van der Waals surface area contributed by atoms with Gasteiger partial charge in [-0.05, 0) is 75.2 Å². The van der Waals surface area contributed by atoms with Gasteiger partial charge in [0, 0.05) is 59.8 Å². The Balaban J connectivity index is 1.18. The third kappa shape index (κ3) is 7.92. The monoisotopic (exact) mass is 746 g/mol. The Kier molecular flexibility index (Phi) is 10.1. The maximum atomic E-state index is 13.7. The Labute approximate surface area is 290 Å². The molecule has 0 saturated carbocycles. The lowest BCUT2D eigenvalue weighted by Crippen LogP contribution is -2.45. The van der Waals surface area contributed by atoms with Crippen LogP contribution in [0.4, 0.5) is 52.7 Å². The average molecular weight is 747 g/mol. The lowest BCUT2D eigenvalue weighted by Gasteiger charge is -2.35. The van der Waals surface area contributed by atoms with Crippen molar-refractivity contribution in [2.24, 2.45) is 0 Å². The summed E-state index contributed by atoms with van der Waals surface area (Å²) < 4.78 is 165. The van der Waals surface area contributed by atoms with Crippen molar-refractivity contribution in [1.82, 2.24) is 19.8 Å². The molecule has 0 N–H and O–H groups in total. The van der Waals surface area contributed by atoms with Crippen LogP contribution in [0.2, 0.25) is 0 Å². The number of pyridine rings is 2. The molecule has 0 amide bonds. The van der Waals surface area contributed by atoms with Crippen molar-refractivity contribution in [2.45, 2.75) is 75.6 Å². The van der Waals surface area contributed by atoms with E-state index in [1.807, 2.05) is 0 Å². The maximum absolute atomic E-state index is 13.7. The van der Waals surface area contributed by atoms with Gasteiger partial charge in [-0.2, -0.15) is 52.7 Å². The van der Waals surface area contributed by atoms with Gasteiger partial charge in [-0.25, -0.2) is 0 Å². The van der Waals surface area contributed by atoms with Crippen LogP contribution in [0.25, 0.3) is 22.3 Å². The summed E-state index contributed by atoms with van der Waals surface area (Å²) in [7, 11) is 0. The average Bonchev–Trinajstić information content (AvgIpc) is 3.72. The van der Waals surface area contributed by atoms with Gasteiger partial charge >= 0.3 is 24.7 Å². The molecular formula is C36H30F12N4. The van der Waals surface area contributed by atoms with E-state index in [0.29, 0.717) is 60.9 Å².